The van der Waals surface area contributed by atoms with Crippen molar-refractivity contribution >= 4 is 23.2 Å². The minimum atomic E-state index is -0.408. The molecule has 1 aromatic carbocycles. The Morgan fingerprint density at radius 1 is 1.26 bits per heavy atom. The van der Waals surface area contributed by atoms with Crippen molar-refractivity contribution < 1.29 is 9.59 Å². The Bertz CT molecular complexity index is 482. The predicted molar refractivity (Wildman–Crippen MR) is 75.3 cm³/mol. The number of rotatable bonds is 3. The molecule has 1 aromatic rings. The molecule has 2 amide bonds. The zero-order valence-corrected chi connectivity index (χ0v) is 11.5. The van der Waals surface area contributed by atoms with Crippen LogP contribution in [0.2, 0.25) is 0 Å². The summed E-state index contributed by atoms with van der Waals surface area (Å²) in [6.07, 6.45) is 0.608. The molecule has 1 fully saturated rings. The van der Waals surface area contributed by atoms with Crippen molar-refractivity contribution in [2.75, 3.05) is 30.4 Å². The fourth-order valence-corrected chi connectivity index (χ4v) is 2.14. The van der Waals surface area contributed by atoms with E-state index in [0.29, 0.717) is 6.42 Å². The standard InChI is InChI=1S/C14H19N3O2/c1-4-12-14(19)17(9-13(18)15-12)11-7-5-10(6-8-11)16(2)3/h5-8,12H,4,9H2,1-3H3,(H,15,18). The van der Waals surface area contributed by atoms with Crippen LogP contribution in [0.25, 0.3) is 0 Å². The number of amides is 2. The maximum atomic E-state index is 12.2. The molecule has 1 heterocycles. The summed E-state index contributed by atoms with van der Waals surface area (Å²) in [4.78, 5) is 27.4. The fourth-order valence-electron chi connectivity index (χ4n) is 2.14. The predicted octanol–water partition coefficient (Wildman–Crippen LogP) is 0.994. The largest absolute Gasteiger partial charge is 0.378 e. The van der Waals surface area contributed by atoms with E-state index in [0.717, 1.165) is 11.4 Å². The molecule has 0 aromatic heterocycles. The third-order valence-corrected chi connectivity index (χ3v) is 3.29. The first-order valence-electron chi connectivity index (χ1n) is 6.41. The van der Waals surface area contributed by atoms with E-state index in [1.165, 1.54) is 0 Å². The second kappa shape index (κ2) is 5.30. The van der Waals surface area contributed by atoms with Gasteiger partial charge in [-0.25, -0.2) is 0 Å². The van der Waals surface area contributed by atoms with E-state index in [-0.39, 0.29) is 18.4 Å². The van der Waals surface area contributed by atoms with Crippen molar-refractivity contribution in [3.63, 3.8) is 0 Å². The highest BCUT2D eigenvalue weighted by Gasteiger charge is 2.32. The third kappa shape index (κ3) is 2.70. The molecule has 2 rings (SSSR count). The molecule has 0 bridgehead atoms. The van der Waals surface area contributed by atoms with Crippen LogP contribution in [0, 0.1) is 0 Å². The molecule has 1 aliphatic rings. The zero-order valence-electron chi connectivity index (χ0n) is 11.5. The van der Waals surface area contributed by atoms with Gasteiger partial charge >= 0.3 is 0 Å². The topological polar surface area (TPSA) is 52.7 Å². The SMILES string of the molecule is CCC1NC(=O)CN(c2ccc(N(C)C)cc2)C1=O. The van der Waals surface area contributed by atoms with Gasteiger partial charge in [0.05, 0.1) is 0 Å². The van der Waals surface area contributed by atoms with Crippen molar-refractivity contribution in [3.8, 4) is 0 Å². The first-order valence-corrected chi connectivity index (χ1v) is 6.41. The molecule has 5 heteroatoms. The van der Waals surface area contributed by atoms with Gasteiger partial charge in [0.25, 0.3) is 0 Å². The first-order chi connectivity index (χ1) is 9.02. The van der Waals surface area contributed by atoms with Crippen LogP contribution in [0.1, 0.15) is 13.3 Å². The Morgan fingerprint density at radius 2 is 1.89 bits per heavy atom. The Morgan fingerprint density at radius 3 is 2.42 bits per heavy atom. The summed E-state index contributed by atoms with van der Waals surface area (Å²) in [5.74, 6) is -0.150. The van der Waals surface area contributed by atoms with E-state index < -0.39 is 6.04 Å². The monoisotopic (exact) mass is 261 g/mol. The lowest BCUT2D eigenvalue weighted by Crippen LogP contribution is -2.58. The molecule has 0 aliphatic carbocycles. The molecule has 102 valence electrons. The molecular weight excluding hydrogens is 242 g/mol. The summed E-state index contributed by atoms with van der Waals surface area (Å²) >= 11 is 0. The molecule has 0 radical (unpaired) electrons. The lowest BCUT2D eigenvalue weighted by atomic mass is 10.1. The minimum Gasteiger partial charge on any atom is -0.378 e. The molecule has 1 atom stereocenters. The number of carbonyl (C=O) groups excluding carboxylic acids is 2. The lowest BCUT2D eigenvalue weighted by Gasteiger charge is -2.32. The molecule has 1 saturated heterocycles. The second-order valence-corrected chi connectivity index (χ2v) is 4.86. The number of hydrogen-bond donors (Lipinski definition) is 1. The number of hydrogen-bond acceptors (Lipinski definition) is 3. The summed E-state index contributed by atoms with van der Waals surface area (Å²) in [6.45, 7) is 1.98. The summed E-state index contributed by atoms with van der Waals surface area (Å²) in [5, 5.41) is 2.71. The highest BCUT2D eigenvalue weighted by atomic mass is 16.2. The van der Waals surface area contributed by atoms with Crippen molar-refractivity contribution in [1.29, 1.82) is 0 Å². The van der Waals surface area contributed by atoms with Crippen LogP contribution in [-0.2, 0) is 9.59 Å². The van der Waals surface area contributed by atoms with E-state index in [1.807, 2.05) is 50.2 Å². The molecule has 19 heavy (non-hydrogen) atoms. The van der Waals surface area contributed by atoms with Crippen LogP contribution in [0.5, 0.6) is 0 Å². The Kier molecular flexibility index (Phi) is 3.74. The van der Waals surface area contributed by atoms with Gasteiger partial charge in [0, 0.05) is 25.5 Å². The average molecular weight is 261 g/mol. The van der Waals surface area contributed by atoms with Crippen molar-refractivity contribution in [1.82, 2.24) is 5.32 Å². The molecule has 0 saturated carbocycles. The van der Waals surface area contributed by atoms with E-state index in [1.54, 1.807) is 4.90 Å². The van der Waals surface area contributed by atoms with E-state index >= 15 is 0 Å². The molecule has 1 N–H and O–H groups in total. The van der Waals surface area contributed by atoms with Gasteiger partial charge < -0.3 is 15.1 Å². The number of nitrogens with zero attached hydrogens (tertiary/aromatic N) is 2. The highest BCUT2D eigenvalue weighted by Crippen LogP contribution is 2.21. The molecule has 5 nitrogen and oxygen atoms in total. The lowest BCUT2D eigenvalue weighted by molar-refractivity contribution is -0.131. The first kappa shape index (κ1) is 13.4. The van der Waals surface area contributed by atoms with Gasteiger partial charge in [0.1, 0.15) is 12.6 Å². The van der Waals surface area contributed by atoms with Crippen LogP contribution < -0.4 is 15.1 Å². The zero-order chi connectivity index (χ0) is 14.0. The van der Waals surface area contributed by atoms with Gasteiger partial charge in [-0.05, 0) is 30.7 Å². The van der Waals surface area contributed by atoms with Gasteiger partial charge in [0.2, 0.25) is 11.8 Å². The Hall–Kier alpha value is -2.04. The maximum Gasteiger partial charge on any atom is 0.250 e. The summed E-state index contributed by atoms with van der Waals surface area (Å²) in [7, 11) is 3.92. The van der Waals surface area contributed by atoms with Crippen molar-refractivity contribution in [3.05, 3.63) is 24.3 Å². The van der Waals surface area contributed by atoms with Gasteiger partial charge in [-0.1, -0.05) is 6.92 Å². The molecule has 1 aliphatic heterocycles. The maximum absolute atomic E-state index is 12.2. The normalized spacial score (nSPS) is 19.3. The van der Waals surface area contributed by atoms with E-state index in [4.69, 9.17) is 0 Å². The third-order valence-electron chi connectivity index (χ3n) is 3.29. The minimum absolute atomic E-state index is 0.0419. The smallest absolute Gasteiger partial charge is 0.250 e. The average Bonchev–Trinajstić information content (AvgIpc) is 2.41. The van der Waals surface area contributed by atoms with Crippen molar-refractivity contribution in [2.24, 2.45) is 0 Å². The van der Waals surface area contributed by atoms with Crippen LogP contribution in [0.15, 0.2) is 24.3 Å². The number of nitrogens with one attached hydrogen (secondary N) is 1. The molecular formula is C14H19N3O2. The fraction of sp³-hybridized carbons (Fsp3) is 0.429. The van der Waals surface area contributed by atoms with Gasteiger partial charge in [-0.3, -0.25) is 9.59 Å². The quantitative estimate of drug-likeness (QED) is 0.883. The second-order valence-electron chi connectivity index (χ2n) is 4.86. The highest BCUT2D eigenvalue weighted by molar-refractivity contribution is 6.06. The van der Waals surface area contributed by atoms with Crippen LogP contribution in [0.3, 0.4) is 0 Å². The number of anilines is 2. The summed E-state index contributed by atoms with van der Waals surface area (Å²) in [6, 6.07) is 7.22. The summed E-state index contributed by atoms with van der Waals surface area (Å²) < 4.78 is 0. The van der Waals surface area contributed by atoms with Crippen LogP contribution in [-0.4, -0.2) is 38.5 Å². The number of benzene rings is 1. The summed E-state index contributed by atoms with van der Waals surface area (Å²) in [5.41, 5.74) is 1.83. The van der Waals surface area contributed by atoms with Crippen molar-refractivity contribution in [2.45, 2.75) is 19.4 Å². The van der Waals surface area contributed by atoms with E-state index in [9.17, 15) is 9.59 Å². The van der Waals surface area contributed by atoms with Gasteiger partial charge in [-0.2, -0.15) is 0 Å². The van der Waals surface area contributed by atoms with Crippen LogP contribution in [0.4, 0.5) is 11.4 Å². The Balaban J connectivity index is 2.24. The van der Waals surface area contributed by atoms with Gasteiger partial charge in [-0.15, -0.1) is 0 Å². The molecule has 1 unspecified atom stereocenters. The van der Waals surface area contributed by atoms with Crippen LogP contribution >= 0.6 is 0 Å². The molecule has 0 spiro atoms. The number of piperazine rings is 1. The number of carbonyl (C=O) groups is 2. The Labute approximate surface area is 113 Å². The van der Waals surface area contributed by atoms with Gasteiger partial charge in [0.15, 0.2) is 0 Å². The van der Waals surface area contributed by atoms with E-state index in [2.05, 4.69) is 5.32 Å².